The monoisotopic (exact) mass is 835 g/mol. The third-order valence-electron chi connectivity index (χ3n) is 11.7. The van der Waals surface area contributed by atoms with Crippen LogP contribution in [0.4, 0.5) is 0 Å². The third-order valence-corrected chi connectivity index (χ3v) is 13.6. The molecular formula is C41H69N7O9S. The molecule has 328 valence electrons. The summed E-state index contributed by atoms with van der Waals surface area (Å²) in [5.41, 5.74) is 0.490. The van der Waals surface area contributed by atoms with Crippen LogP contribution in [0.15, 0.2) is 24.4 Å². The molecule has 0 spiro atoms. The zero-order valence-corrected chi connectivity index (χ0v) is 37.1. The maximum absolute atomic E-state index is 14.3. The standard InChI is InChI=1S/C41H69N7O9S/c1-12-26(6)36(47(9)41(53)35(25(4)5)45-40(52)34(42-8)24(2)3)32(56-10)23-33(49)48-21-15-17-31(48)37(57-11)27(7)38(50)44-30(22-28-16-13-14-20-43-28)39(51)46-58(54,55)29-18-19-29/h13-14,16,20,24-27,29-32,34-37,42H,12,15,17-19,21-23H2,1-11H3,(H,44,50)(H,45,52)(H,46,51)/t26-,27+,30-,31-,32+,34?,35-,36-,37+/m0/s1. The fraction of sp³-hybridized carbons (Fsp3) is 0.756. The van der Waals surface area contributed by atoms with E-state index >= 15 is 0 Å². The van der Waals surface area contributed by atoms with Crippen molar-refractivity contribution in [2.75, 3.05) is 34.9 Å². The molecule has 2 aliphatic rings. The molecular weight excluding hydrogens is 767 g/mol. The fourth-order valence-electron chi connectivity index (χ4n) is 7.96. The maximum atomic E-state index is 14.3. The van der Waals surface area contributed by atoms with Crippen LogP contribution in [0.1, 0.15) is 92.7 Å². The fourth-order valence-corrected chi connectivity index (χ4v) is 9.31. The minimum atomic E-state index is -3.88. The number of ether oxygens (including phenoxy) is 2. The quantitative estimate of drug-likeness (QED) is 0.126. The van der Waals surface area contributed by atoms with Gasteiger partial charge >= 0.3 is 0 Å². The second kappa shape index (κ2) is 22.1. The molecule has 1 aromatic heterocycles. The highest BCUT2D eigenvalue weighted by molar-refractivity contribution is 7.90. The SMILES string of the molecule is CC[C@H](C)[C@@H]([C@@H](CC(=O)N1CCC[C@H]1[C@H](OC)[C@@H](C)C(=O)N[C@@H](Cc1ccccn1)C(=O)NS(=O)(=O)C1CC1)OC)N(C)C(=O)[C@@H](NC(=O)C(NC)C(C)C)C(C)C. The van der Waals surface area contributed by atoms with Crippen LogP contribution in [0, 0.1) is 23.7 Å². The first kappa shape index (κ1) is 48.7. The lowest BCUT2D eigenvalue weighted by Crippen LogP contribution is -2.59. The van der Waals surface area contributed by atoms with Gasteiger partial charge in [0, 0.05) is 46.1 Å². The number of amides is 5. The molecule has 1 saturated carbocycles. The van der Waals surface area contributed by atoms with Gasteiger partial charge in [0.05, 0.1) is 47.9 Å². The number of pyridine rings is 1. The Morgan fingerprint density at radius 3 is 2.09 bits per heavy atom. The Morgan fingerprint density at radius 1 is 0.914 bits per heavy atom. The summed E-state index contributed by atoms with van der Waals surface area (Å²) in [6.45, 7) is 13.7. The van der Waals surface area contributed by atoms with Crippen molar-refractivity contribution in [1.82, 2.24) is 35.5 Å². The van der Waals surface area contributed by atoms with Gasteiger partial charge in [0.15, 0.2) is 0 Å². The van der Waals surface area contributed by atoms with E-state index in [2.05, 4.69) is 25.7 Å². The van der Waals surface area contributed by atoms with Crippen molar-refractivity contribution in [3.63, 3.8) is 0 Å². The second-order valence-corrected chi connectivity index (χ2v) is 18.6. The summed E-state index contributed by atoms with van der Waals surface area (Å²) in [6, 6.07) is 1.62. The number of carbonyl (C=O) groups is 5. The number of sulfonamides is 1. The molecule has 3 rings (SSSR count). The number of nitrogens with one attached hydrogen (secondary N) is 4. The van der Waals surface area contributed by atoms with Crippen molar-refractivity contribution in [3.05, 3.63) is 30.1 Å². The smallest absolute Gasteiger partial charge is 0.256 e. The first-order valence-electron chi connectivity index (χ1n) is 20.7. The topological polar surface area (TPSA) is 205 Å². The molecule has 9 atom stereocenters. The van der Waals surface area contributed by atoms with E-state index < -0.39 is 75.4 Å². The van der Waals surface area contributed by atoms with Crippen LogP contribution in [0.2, 0.25) is 0 Å². The number of methoxy groups -OCH3 is 2. The molecule has 0 radical (unpaired) electrons. The van der Waals surface area contributed by atoms with Gasteiger partial charge in [0.2, 0.25) is 33.7 Å². The van der Waals surface area contributed by atoms with E-state index in [4.69, 9.17) is 9.47 Å². The lowest BCUT2D eigenvalue weighted by atomic mass is 9.89. The molecule has 2 fully saturated rings. The molecule has 1 aromatic rings. The predicted octanol–water partition coefficient (Wildman–Crippen LogP) is 2.02. The Labute approximate surface area is 345 Å². The van der Waals surface area contributed by atoms with Gasteiger partial charge in [-0.25, -0.2) is 8.42 Å². The van der Waals surface area contributed by atoms with Crippen LogP contribution in [-0.4, -0.2) is 135 Å². The summed E-state index contributed by atoms with van der Waals surface area (Å²) in [6.07, 6.45) is 2.86. The van der Waals surface area contributed by atoms with Crippen molar-refractivity contribution >= 4 is 39.6 Å². The number of carbonyl (C=O) groups excluding carboxylic acids is 5. The Balaban J connectivity index is 1.80. The first-order chi connectivity index (χ1) is 27.3. The van der Waals surface area contributed by atoms with Crippen molar-refractivity contribution in [1.29, 1.82) is 0 Å². The number of hydrogen-bond donors (Lipinski definition) is 4. The zero-order valence-electron chi connectivity index (χ0n) is 36.3. The number of hydrogen-bond acceptors (Lipinski definition) is 11. The maximum Gasteiger partial charge on any atom is 0.256 e. The molecule has 58 heavy (non-hydrogen) atoms. The van der Waals surface area contributed by atoms with Crippen molar-refractivity contribution < 1.29 is 41.9 Å². The molecule has 1 aliphatic heterocycles. The van der Waals surface area contributed by atoms with Gasteiger partial charge in [-0.3, -0.25) is 33.7 Å². The van der Waals surface area contributed by atoms with E-state index in [0.717, 1.165) is 0 Å². The normalized spacial score (nSPS) is 20.0. The molecule has 1 saturated heterocycles. The molecule has 17 heteroatoms. The highest BCUT2D eigenvalue weighted by Gasteiger charge is 2.44. The Hall–Kier alpha value is -3.67. The van der Waals surface area contributed by atoms with E-state index in [9.17, 15) is 32.4 Å². The van der Waals surface area contributed by atoms with Crippen molar-refractivity contribution in [2.45, 2.75) is 141 Å². The van der Waals surface area contributed by atoms with Crippen LogP contribution >= 0.6 is 0 Å². The van der Waals surface area contributed by atoms with Crippen LogP contribution in [0.5, 0.6) is 0 Å². The molecule has 0 bridgehead atoms. The number of rotatable bonds is 23. The molecule has 16 nitrogen and oxygen atoms in total. The summed E-state index contributed by atoms with van der Waals surface area (Å²) >= 11 is 0. The van der Waals surface area contributed by atoms with Gasteiger partial charge in [-0.15, -0.1) is 0 Å². The zero-order chi connectivity index (χ0) is 43.5. The summed E-state index contributed by atoms with van der Waals surface area (Å²) < 4.78 is 39.4. The van der Waals surface area contributed by atoms with Gasteiger partial charge in [0.25, 0.3) is 5.91 Å². The molecule has 4 N–H and O–H groups in total. The van der Waals surface area contributed by atoms with E-state index in [0.29, 0.717) is 44.3 Å². The third kappa shape index (κ3) is 12.7. The summed E-state index contributed by atoms with van der Waals surface area (Å²) in [5, 5.41) is 8.12. The number of likely N-dealkylation sites (N-methyl/N-ethyl adjacent to an activating group) is 2. The molecule has 2 heterocycles. The average Bonchev–Trinajstić information content (AvgIpc) is 3.95. The highest BCUT2D eigenvalue weighted by Crippen LogP contribution is 2.30. The van der Waals surface area contributed by atoms with Crippen LogP contribution in [0.25, 0.3) is 0 Å². The van der Waals surface area contributed by atoms with Gasteiger partial charge in [-0.05, 0) is 62.6 Å². The van der Waals surface area contributed by atoms with Gasteiger partial charge < -0.3 is 35.2 Å². The van der Waals surface area contributed by atoms with Crippen LogP contribution < -0.4 is 20.7 Å². The summed E-state index contributed by atoms with van der Waals surface area (Å²) in [5.74, 6) is -3.29. The van der Waals surface area contributed by atoms with Crippen molar-refractivity contribution in [2.24, 2.45) is 23.7 Å². The van der Waals surface area contributed by atoms with Crippen LogP contribution in [-0.2, 0) is 49.9 Å². The molecule has 1 unspecified atom stereocenters. The van der Waals surface area contributed by atoms with Gasteiger partial charge in [-0.2, -0.15) is 0 Å². The highest BCUT2D eigenvalue weighted by atomic mass is 32.2. The molecule has 5 amide bonds. The van der Waals surface area contributed by atoms with E-state index in [1.54, 1.807) is 55.2 Å². The lowest BCUT2D eigenvalue weighted by Gasteiger charge is -2.41. The Kier molecular flexibility index (Phi) is 18.5. The number of aromatic nitrogens is 1. The van der Waals surface area contributed by atoms with Crippen molar-refractivity contribution in [3.8, 4) is 0 Å². The minimum absolute atomic E-state index is 0.00484. The number of likely N-dealkylation sites (tertiary alicyclic amines) is 1. The van der Waals surface area contributed by atoms with E-state index in [1.165, 1.54) is 14.2 Å². The molecule has 1 aliphatic carbocycles. The lowest BCUT2D eigenvalue weighted by molar-refractivity contribution is -0.148. The minimum Gasteiger partial charge on any atom is -0.379 e. The van der Waals surface area contributed by atoms with E-state index in [1.807, 2.05) is 41.5 Å². The number of nitrogens with zero attached hydrogens (tertiary/aromatic N) is 3. The predicted molar refractivity (Wildman–Crippen MR) is 221 cm³/mol. The Morgan fingerprint density at radius 2 is 1.57 bits per heavy atom. The average molecular weight is 836 g/mol. The summed E-state index contributed by atoms with van der Waals surface area (Å²) in [7, 11) is 2.52. The largest absolute Gasteiger partial charge is 0.379 e. The van der Waals surface area contributed by atoms with Crippen LogP contribution in [0.3, 0.4) is 0 Å². The summed E-state index contributed by atoms with van der Waals surface area (Å²) in [4.78, 5) is 76.5. The first-order valence-corrected chi connectivity index (χ1v) is 22.2. The van der Waals surface area contributed by atoms with Gasteiger partial charge in [-0.1, -0.05) is 61.0 Å². The van der Waals surface area contributed by atoms with Gasteiger partial charge in [0.1, 0.15) is 12.1 Å². The Bertz CT molecular complexity index is 1640. The molecule has 0 aromatic carbocycles. The van der Waals surface area contributed by atoms with E-state index in [-0.39, 0.29) is 48.3 Å². The second-order valence-electron chi connectivity index (χ2n) is 16.6.